The van der Waals surface area contributed by atoms with Crippen molar-refractivity contribution in [3.63, 3.8) is 0 Å². The molecule has 0 radical (unpaired) electrons. The molecule has 0 heterocycles. The van der Waals surface area contributed by atoms with Gasteiger partial charge in [-0.05, 0) is 34.1 Å². The first kappa shape index (κ1) is 12.8. The minimum Gasteiger partial charge on any atom is -0.398 e. The highest BCUT2D eigenvalue weighted by atomic mass is 79.9. The van der Waals surface area contributed by atoms with Gasteiger partial charge in [0.2, 0.25) is 5.91 Å². The summed E-state index contributed by atoms with van der Waals surface area (Å²) in [7, 11) is 0. The van der Waals surface area contributed by atoms with Crippen molar-refractivity contribution in [3.05, 3.63) is 22.7 Å². The topological polar surface area (TPSA) is 55.1 Å². The van der Waals surface area contributed by atoms with Crippen LogP contribution in [0.15, 0.2) is 22.7 Å². The van der Waals surface area contributed by atoms with Crippen LogP contribution in [0.25, 0.3) is 0 Å². The molecule has 0 bridgehead atoms. The minimum absolute atomic E-state index is 0.231. The first-order valence-electron chi connectivity index (χ1n) is 4.19. The Kier molecular flexibility index (Phi) is 3.79. The fourth-order valence-electron chi connectivity index (χ4n) is 1.01. The third-order valence-electron chi connectivity index (χ3n) is 1.64. The molecular weight excluding hydrogens is 289 g/mol. The number of carbonyl (C=O) groups is 1. The van der Waals surface area contributed by atoms with E-state index in [1.807, 2.05) is 0 Å². The van der Waals surface area contributed by atoms with Crippen LogP contribution in [0.3, 0.4) is 0 Å². The lowest BCUT2D eigenvalue weighted by Crippen LogP contribution is -2.21. The average molecular weight is 297 g/mol. The van der Waals surface area contributed by atoms with E-state index in [0.717, 1.165) is 0 Å². The zero-order valence-corrected chi connectivity index (χ0v) is 9.52. The molecule has 3 N–H and O–H groups in total. The number of rotatable bonds is 2. The lowest BCUT2D eigenvalue weighted by atomic mass is 10.2. The standard InChI is InChI=1S/C9H8BrF3N2O/c10-6-2-1-5(3-7(6)14)15-8(16)4-9(11,12)13/h1-3H,4,14H2,(H,15,16). The minimum atomic E-state index is -4.51. The number of amides is 1. The Bertz CT molecular complexity index is 406. The van der Waals surface area contributed by atoms with Gasteiger partial charge in [-0.2, -0.15) is 13.2 Å². The van der Waals surface area contributed by atoms with Crippen LogP contribution < -0.4 is 11.1 Å². The molecule has 0 aliphatic carbocycles. The molecule has 1 aromatic carbocycles. The molecule has 0 atom stereocenters. The van der Waals surface area contributed by atoms with Crippen molar-refractivity contribution >= 4 is 33.2 Å². The van der Waals surface area contributed by atoms with E-state index in [4.69, 9.17) is 5.73 Å². The lowest BCUT2D eigenvalue weighted by molar-refractivity contribution is -0.150. The molecule has 0 aliphatic rings. The number of hydrogen-bond acceptors (Lipinski definition) is 2. The van der Waals surface area contributed by atoms with E-state index in [9.17, 15) is 18.0 Å². The maximum atomic E-state index is 11.9. The zero-order valence-electron chi connectivity index (χ0n) is 7.94. The van der Waals surface area contributed by atoms with Crippen LogP contribution in [0.1, 0.15) is 6.42 Å². The van der Waals surface area contributed by atoms with Gasteiger partial charge in [0.05, 0.1) is 0 Å². The molecule has 16 heavy (non-hydrogen) atoms. The second-order valence-corrected chi connectivity index (χ2v) is 3.93. The average Bonchev–Trinajstić information content (AvgIpc) is 2.08. The van der Waals surface area contributed by atoms with Gasteiger partial charge >= 0.3 is 6.18 Å². The molecule has 0 fully saturated rings. The highest BCUT2D eigenvalue weighted by Crippen LogP contribution is 2.24. The second-order valence-electron chi connectivity index (χ2n) is 3.08. The van der Waals surface area contributed by atoms with Crippen LogP contribution in [-0.4, -0.2) is 12.1 Å². The SMILES string of the molecule is Nc1cc(NC(=O)CC(F)(F)F)ccc1Br. The molecule has 0 saturated carbocycles. The van der Waals surface area contributed by atoms with Crippen LogP contribution in [0.4, 0.5) is 24.5 Å². The van der Waals surface area contributed by atoms with Crippen LogP contribution in [0, 0.1) is 0 Å². The fourth-order valence-corrected chi connectivity index (χ4v) is 1.26. The number of alkyl halides is 3. The maximum Gasteiger partial charge on any atom is 0.397 e. The van der Waals surface area contributed by atoms with Crippen LogP contribution >= 0.6 is 15.9 Å². The van der Waals surface area contributed by atoms with E-state index < -0.39 is 18.5 Å². The Morgan fingerprint density at radius 2 is 2.06 bits per heavy atom. The first-order valence-corrected chi connectivity index (χ1v) is 4.99. The van der Waals surface area contributed by atoms with E-state index in [1.165, 1.54) is 12.1 Å². The van der Waals surface area contributed by atoms with Gasteiger partial charge in [0.15, 0.2) is 0 Å². The zero-order chi connectivity index (χ0) is 12.3. The molecular formula is C9H8BrF3N2O. The molecule has 1 rings (SSSR count). The Balaban J connectivity index is 2.67. The molecule has 0 aromatic heterocycles. The van der Waals surface area contributed by atoms with Crippen molar-refractivity contribution in [3.8, 4) is 0 Å². The summed E-state index contributed by atoms with van der Waals surface area (Å²) < 4.78 is 36.2. The number of anilines is 2. The quantitative estimate of drug-likeness (QED) is 0.825. The predicted molar refractivity (Wildman–Crippen MR) is 57.9 cm³/mol. The number of nitrogens with two attached hydrogens (primary N) is 1. The van der Waals surface area contributed by atoms with Gasteiger partial charge in [-0.1, -0.05) is 0 Å². The van der Waals surface area contributed by atoms with Gasteiger partial charge in [-0.3, -0.25) is 4.79 Å². The Morgan fingerprint density at radius 3 is 2.56 bits per heavy atom. The van der Waals surface area contributed by atoms with Crippen molar-refractivity contribution in [2.45, 2.75) is 12.6 Å². The summed E-state index contributed by atoms with van der Waals surface area (Å²) in [6, 6.07) is 4.37. The van der Waals surface area contributed by atoms with Crippen molar-refractivity contribution in [1.29, 1.82) is 0 Å². The summed E-state index contributed by atoms with van der Waals surface area (Å²) in [5.74, 6) is -1.12. The smallest absolute Gasteiger partial charge is 0.397 e. The van der Waals surface area contributed by atoms with E-state index in [1.54, 1.807) is 6.07 Å². The molecule has 1 amide bonds. The Hall–Kier alpha value is -1.24. The van der Waals surface area contributed by atoms with E-state index in [-0.39, 0.29) is 5.69 Å². The normalized spacial score (nSPS) is 11.2. The van der Waals surface area contributed by atoms with Crippen molar-refractivity contribution in [2.24, 2.45) is 0 Å². The van der Waals surface area contributed by atoms with Gasteiger partial charge < -0.3 is 11.1 Å². The summed E-state index contributed by atoms with van der Waals surface area (Å²) in [6.07, 6.45) is -6.02. The number of nitrogen functional groups attached to an aromatic ring is 1. The van der Waals surface area contributed by atoms with Crippen molar-refractivity contribution in [1.82, 2.24) is 0 Å². The van der Waals surface area contributed by atoms with E-state index in [0.29, 0.717) is 10.2 Å². The molecule has 1 aromatic rings. The van der Waals surface area contributed by atoms with Gasteiger partial charge in [0.1, 0.15) is 6.42 Å². The largest absolute Gasteiger partial charge is 0.398 e. The number of carbonyl (C=O) groups excluding carboxylic acids is 1. The van der Waals surface area contributed by atoms with Crippen LogP contribution in [-0.2, 0) is 4.79 Å². The Labute approximate surface area is 97.9 Å². The fraction of sp³-hybridized carbons (Fsp3) is 0.222. The van der Waals surface area contributed by atoms with Crippen molar-refractivity contribution < 1.29 is 18.0 Å². The number of halogens is 4. The summed E-state index contributed by atoms with van der Waals surface area (Å²) >= 11 is 3.13. The van der Waals surface area contributed by atoms with Gasteiger partial charge in [-0.25, -0.2) is 0 Å². The summed E-state index contributed by atoms with van der Waals surface area (Å²) in [6.45, 7) is 0. The van der Waals surface area contributed by atoms with E-state index >= 15 is 0 Å². The number of benzene rings is 1. The highest BCUT2D eigenvalue weighted by molar-refractivity contribution is 9.10. The summed E-state index contributed by atoms with van der Waals surface area (Å²) in [5, 5.41) is 2.11. The third-order valence-corrected chi connectivity index (χ3v) is 2.36. The summed E-state index contributed by atoms with van der Waals surface area (Å²) in [5.41, 5.74) is 6.07. The highest BCUT2D eigenvalue weighted by Gasteiger charge is 2.31. The first-order chi connectivity index (χ1) is 7.28. The molecule has 7 heteroatoms. The Morgan fingerprint density at radius 1 is 1.44 bits per heavy atom. The molecule has 3 nitrogen and oxygen atoms in total. The molecule has 88 valence electrons. The lowest BCUT2D eigenvalue weighted by Gasteiger charge is -2.08. The van der Waals surface area contributed by atoms with Crippen LogP contribution in [0.2, 0.25) is 0 Å². The molecule has 0 saturated heterocycles. The third kappa shape index (κ3) is 4.09. The molecule has 0 aliphatic heterocycles. The number of hydrogen-bond donors (Lipinski definition) is 2. The summed E-state index contributed by atoms with van der Waals surface area (Å²) in [4.78, 5) is 10.9. The molecule has 0 spiro atoms. The predicted octanol–water partition coefficient (Wildman–Crippen LogP) is 2.92. The van der Waals surface area contributed by atoms with Gasteiger partial charge in [0, 0.05) is 15.8 Å². The number of nitrogens with one attached hydrogen (secondary N) is 1. The van der Waals surface area contributed by atoms with Gasteiger partial charge in [0.25, 0.3) is 0 Å². The monoisotopic (exact) mass is 296 g/mol. The molecule has 0 unspecified atom stereocenters. The second kappa shape index (κ2) is 4.73. The van der Waals surface area contributed by atoms with Gasteiger partial charge in [-0.15, -0.1) is 0 Å². The van der Waals surface area contributed by atoms with Crippen molar-refractivity contribution in [2.75, 3.05) is 11.1 Å². The van der Waals surface area contributed by atoms with E-state index in [2.05, 4.69) is 21.2 Å². The van der Waals surface area contributed by atoms with Crippen LogP contribution in [0.5, 0.6) is 0 Å². The maximum absolute atomic E-state index is 11.9.